The van der Waals surface area contributed by atoms with Crippen LogP contribution in [-0.4, -0.2) is 57.0 Å². The maximum atomic E-state index is 13.2. The molecule has 7 atom stereocenters. The van der Waals surface area contributed by atoms with Gasteiger partial charge in [0.2, 0.25) is 0 Å². The molecule has 3 heterocycles. The summed E-state index contributed by atoms with van der Waals surface area (Å²) >= 11 is 1.56. The molecule has 0 aliphatic carbocycles. The van der Waals surface area contributed by atoms with Gasteiger partial charge in [0.15, 0.2) is 0 Å². The van der Waals surface area contributed by atoms with Gasteiger partial charge < -0.3 is 19.7 Å². The number of nitrogens with zero attached hydrogens (tertiary/aromatic N) is 1. The van der Waals surface area contributed by atoms with E-state index in [2.05, 4.69) is 11.9 Å². The van der Waals surface area contributed by atoms with Gasteiger partial charge in [0, 0.05) is 17.7 Å². The monoisotopic (exact) mass is 507 g/mol. The molecule has 35 heavy (non-hydrogen) atoms. The number of hydrogen-bond donors (Lipinski definition) is 2. The first-order valence-electron chi connectivity index (χ1n) is 12.6. The number of thiazole rings is 1. The number of hydrogen-bond acceptors (Lipinski definition) is 8. The number of ether oxygens (including phenoxy) is 2. The van der Waals surface area contributed by atoms with Gasteiger partial charge in [-0.25, -0.2) is 4.98 Å². The highest BCUT2D eigenvalue weighted by Crippen LogP contribution is 2.45. The largest absolute Gasteiger partial charge is 0.458 e. The first-order valence-corrected chi connectivity index (χ1v) is 13.5. The van der Waals surface area contributed by atoms with Crippen LogP contribution >= 0.6 is 11.3 Å². The van der Waals surface area contributed by atoms with Crippen LogP contribution in [0.5, 0.6) is 0 Å². The van der Waals surface area contributed by atoms with Crippen molar-refractivity contribution in [3.8, 4) is 0 Å². The lowest BCUT2D eigenvalue weighted by molar-refractivity contribution is -0.154. The predicted octanol–water partition coefficient (Wildman–Crippen LogP) is 4.48. The van der Waals surface area contributed by atoms with Crippen molar-refractivity contribution in [3.05, 3.63) is 21.7 Å². The molecule has 2 saturated heterocycles. The van der Waals surface area contributed by atoms with Crippen LogP contribution in [0.15, 0.2) is 11.0 Å². The topological polar surface area (TPSA) is 109 Å². The Bertz CT molecular complexity index is 955. The Morgan fingerprint density at radius 3 is 2.54 bits per heavy atom. The quantitative estimate of drug-likeness (QED) is 0.449. The molecule has 2 N–H and O–H groups in total. The highest BCUT2D eigenvalue weighted by atomic mass is 32.1. The van der Waals surface area contributed by atoms with Gasteiger partial charge in [-0.2, -0.15) is 0 Å². The zero-order chi connectivity index (χ0) is 26.1. The van der Waals surface area contributed by atoms with E-state index in [9.17, 15) is 19.8 Å². The van der Waals surface area contributed by atoms with Crippen LogP contribution in [0.25, 0.3) is 6.08 Å². The Balaban J connectivity index is 1.85. The summed E-state index contributed by atoms with van der Waals surface area (Å²) in [5.41, 5.74) is 0.179. The predicted molar refractivity (Wildman–Crippen MR) is 136 cm³/mol. The molecule has 3 rings (SSSR count). The van der Waals surface area contributed by atoms with E-state index >= 15 is 0 Å². The van der Waals surface area contributed by atoms with Crippen molar-refractivity contribution in [2.24, 2.45) is 17.3 Å². The SMILES string of the molecule is C/C(=C\c1csc(C)n1)[C@@H]1CC2OC2(C)CCCC(C)C(O)C(C)C(=O)C(C)(C)[C@@H](O)CC(=O)O1. The lowest BCUT2D eigenvalue weighted by Gasteiger charge is -2.34. The number of Topliss-reactive ketones (excluding diaryl/α,β-unsaturated/α-hetero) is 1. The minimum absolute atomic E-state index is 0.0455. The van der Waals surface area contributed by atoms with E-state index < -0.39 is 35.6 Å². The number of esters is 1. The minimum Gasteiger partial charge on any atom is -0.458 e. The molecule has 196 valence electrons. The highest BCUT2D eigenvalue weighted by Gasteiger charge is 2.53. The Kier molecular flexibility index (Phi) is 8.62. The summed E-state index contributed by atoms with van der Waals surface area (Å²) in [6.07, 6.45) is 1.98. The van der Waals surface area contributed by atoms with Crippen molar-refractivity contribution in [2.45, 2.75) is 111 Å². The second-order valence-electron chi connectivity index (χ2n) is 11.3. The van der Waals surface area contributed by atoms with Crippen molar-refractivity contribution in [3.63, 3.8) is 0 Å². The zero-order valence-electron chi connectivity index (χ0n) is 22.0. The van der Waals surface area contributed by atoms with Crippen LogP contribution in [0.3, 0.4) is 0 Å². The molecule has 2 fully saturated rings. The molecule has 0 spiro atoms. The van der Waals surface area contributed by atoms with Crippen molar-refractivity contribution in [1.82, 2.24) is 4.98 Å². The fraction of sp³-hybridized carbons (Fsp3) is 0.741. The molecule has 0 bridgehead atoms. The highest BCUT2D eigenvalue weighted by molar-refractivity contribution is 7.09. The molecule has 0 saturated carbocycles. The molecule has 0 aromatic carbocycles. The second kappa shape index (κ2) is 10.8. The molecule has 0 amide bonds. The smallest absolute Gasteiger partial charge is 0.309 e. The summed E-state index contributed by atoms with van der Waals surface area (Å²) < 4.78 is 11.9. The third-order valence-electron chi connectivity index (χ3n) is 7.93. The minimum atomic E-state index is -1.23. The summed E-state index contributed by atoms with van der Waals surface area (Å²) in [5, 5.41) is 24.6. The molecule has 8 heteroatoms. The van der Waals surface area contributed by atoms with E-state index in [1.165, 1.54) is 0 Å². The zero-order valence-corrected chi connectivity index (χ0v) is 22.9. The summed E-state index contributed by atoms with van der Waals surface area (Å²) in [4.78, 5) is 30.6. The number of aliphatic hydroxyl groups excluding tert-OH is 2. The van der Waals surface area contributed by atoms with Crippen LogP contribution in [-0.2, 0) is 19.1 Å². The standard InChI is InChI=1S/C27H41NO6S/c1-15-9-8-10-27(7)22(34-27)12-20(16(2)11-19-14-35-18(4)28-19)33-23(30)13-21(29)26(5,6)25(32)17(3)24(15)31/h11,14-15,17,20-22,24,29,31H,8-10,12-13H2,1-7H3/b16-11+/t15?,17?,20-,21-,22?,24?,27?/m0/s1. The molecular weight excluding hydrogens is 466 g/mol. The van der Waals surface area contributed by atoms with E-state index in [4.69, 9.17) is 9.47 Å². The van der Waals surface area contributed by atoms with Crippen LogP contribution < -0.4 is 0 Å². The Hall–Kier alpha value is -1.61. The summed E-state index contributed by atoms with van der Waals surface area (Å²) in [6.45, 7) is 12.8. The van der Waals surface area contributed by atoms with Crippen molar-refractivity contribution in [2.75, 3.05) is 0 Å². The van der Waals surface area contributed by atoms with Crippen molar-refractivity contribution < 1.29 is 29.3 Å². The van der Waals surface area contributed by atoms with E-state index in [1.54, 1.807) is 32.1 Å². The molecule has 1 aromatic heterocycles. The van der Waals surface area contributed by atoms with Crippen LogP contribution in [0.2, 0.25) is 0 Å². The van der Waals surface area contributed by atoms with Crippen molar-refractivity contribution >= 4 is 29.2 Å². The normalized spacial score (nSPS) is 37.5. The van der Waals surface area contributed by atoms with Crippen LogP contribution in [0.4, 0.5) is 0 Å². The first-order chi connectivity index (χ1) is 16.2. The lowest BCUT2D eigenvalue weighted by Crippen LogP contribution is -2.45. The van der Waals surface area contributed by atoms with E-state index in [0.717, 1.165) is 35.5 Å². The third kappa shape index (κ3) is 6.59. The van der Waals surface area contributed by atoms with Gasteiger partial charge in [-0.3, -0.25) is 9.59 Å². The van der Waals surface area contributed by atoms with Gasteiger partial charge >= 0.3 is 5.97 Å². The Morgan fingerprint density at radius 1 is 1.23 bits per heavy atom. The van der Waals surface area contributed by atoms with Gasteiger partial charge in [0.05, 0.1) is 46.5 Å². The summed E-state index contributed by atoms with van der Waals surface area (Å²) in [7, 11) is 0. The third-order valence-corrected chi connectivity index (χ3v) is 8.72. The molecule has 5 unspecified atom stereocenters. The molecule has 7 nitrogen and oxygen atoms in total. The molecule has 2 aliphatic rings. The molecular formula is C27H41NO6S. The number of aryl methyl sites for hydroxylation is 1. The van der Waals surface area contributed by atoms with Gasteiger partial charge in [0.25, 0.3) is 0 Å². The Labute approximate surface area is 212 Å². The number of rotatable bonds is 2. The number of epoxide rings is 1. The summed E-state index contributed by atoms with van der Waals surface area (Å²) in [5.74, 6) is -1.55. The maximum Gasteiger partial charge on any atom is 0.309 e. The Morgan fingerprint density at radius 2 is 1.91 bits per heavy atom. The average molecular weight is 508 g/mol. The van der Waals surface area contributed by atoms with Crippen LogP contribution in [0, 0.1) is 24.2 Å². The molecule has 0 radical (unpaired) electrons. The maximum absolute atomic E-state index is 13.2. The van der Waals surface area contributed by atoms with Crippen LogP contribution in [0.1, 0.15) is 84.3 Å². The number of fused-ring (bicyclic) bond motifs is 1. The van der Waals surface area contributed by atoms with Gasteiger partial charge in [-0.05, 0) is 51.2 Å². The second-order valence-corrected chi connectivity index (χ2v) is 12.3. The van der Waals surface area contributed by atoms with Crippen molar-refractivity contribution in [1.29, 1.82) is 0 Å². The average Bonchev–Trinajstić information content (AvgIpc) is 3.22. The van der Waals surface area contributed by atoms with Gasteiger partial charge in [-0.15, -0.1) is 11.3 Å². The number of carbonyl (C=O) groups is 2. The fourth-order valence-electron chi connectivity index (χ4n) is 5.07. The lowest BCUT2D eigenvalue weighted by atomic mass is 9.73. The number of cyclic esters (lactones) is 1. The van der Waals surface area contributed by atoms with Gasteiger partial charge in [-0.1, -0.05) is 34.1 Å². The van der Waals surface area contributed by atoms with E-state index in [-0.39, 0.29) is 29.8 Å². The van der Waals surface area contributed by atoms with Gasteiger partial charge in [0.1, 0.15) is 11.9 Å². The molecule has 2 aliphatic heterocycles. The fourth-order valence-corrected chi connectivity index (χ4v) is 5.64. The number of aliphatic hydroxyl groups is 2. The number of aromatic nitrogens is 1. The number of carbonyl (C=O) groups excluding carboxylic acids is 2. The van der Waals surface area contributed by atoms with E-state index in [1.807, 2.05) is 32.2 Å². The van der Waals surface area contributed by atoms with E-state index in [0.29, 0.717) is 6.42 Å². The molecule has 1 aromatic rings. The number of ketones is 1. The first kappa shape index (κ1) is 28.0. The summed E-state index contributed by atoms with van der Waals surface area (Å²) in [6, 6.07) is 0.